The van der Waals surface area contributed by atoms with Gasteiger partial charge >= 0.3 is 6.09 Å². The molecule has 110 valence electrons. The Morgan fingerprint density at radius 1 is 1.55 bits per heavy atom. The number of nitrogens with one attached hydrogen (secondary N) is 1. The third kappa shape index (κ3) is 6.17. The summed E-state index contributed by atoms with van der Waals surface area (Å²) in [4.78, 5) is 14.9. The number of halogens is 1. The van der Waals surface area contributed by atoms with E-state index in [1.165, 1.54) is 12.3 Å². The summed E-state index contributed by atoms with van der Waals surface area (Å²) in [5.41, 5.74) is 5.62. The van der Waals surface area contributed by atoms with Crippen molar-refractivity contribution < 1.29 is 13.9 Å². The lowest BCUT2D eigenvalue weighted by Crippen LogP contribution is -2.32. The fraction of sp³-hybridized carbons (Fsp3) is 0.429. The Kier molecular flexibility index (Phi) is 5.49. The van der Waals surface area contributed by atoms with E-state index in [0.717, 1.165) is 0 Å². The van der Waals surface area contributed by atoms with E-state index in [0.29, 0.717) is 18.5 Å². The predicted octanol–water partition coefficient (Wildman–Crippen LogP) is 2.73. The van der Waals surface area contributed by atoms with Gasteiger partial charge in [-0.1, -0.05) is 12.2 Å². The first-order chi connectivity index (χ1) is 9.28. The lowest BCUT2D eigenvalue weighted by atomic mass is 10.2. The van der Waals surface area contributed by atoms with Gasteiger partial charge < -0.3 is 15.8 Å². The maximum absolute atomic E-state index is 12.8. The number of hydrogen-bond acceptors (Lipinski definition) is 4. The number of pyridine rings is 1. The molecular weight excluding hydrogens is 261 g/mol. The summed E-state index contributed by atoms with van der Waals surface area (Å²) >= 11 is 0. The SMILES string of the molecule is CC(C)(C)OC(=O)NCCC=Cc1cnc(F)c(N)c1. The largest absolute Gasteiger partial charge is 0.444 e. The van der Waals surface area contributed by atoms with Crippen LogP contribution in [0.25, 0.3) is 6.08 Å². The molecule has 1 rings (SSSR count). The summed E-state index contributed by atoms with van der Waals surface area (Å²) in [7, 11) is 0. The maximum Gasteiger partial charge on any atom is 0.407 e. The van der Waals surface area contributed by atoms with Crippen LogP contribution in [0.5, 0.6) is 0 Å². The minimum absolute atomic E-state index is 0.0130. The number of aromatic nitrogens is 1. The van der Waals surface area contributed by atoms with Crippen LogP contribution in [0.2, 0.25) is 0 Å². The van der Waals surface area contributed by atoms with E-state index in [4.69, 9.17) is 10.5 Å². The number of carbonyl (C=O) groups excluding carboxylic acids is 1. The molecule has 1 heterocycles. The highest BCUT2D eigenvalue weighted by Crippen LogP contribution is 2.10. The van der Waals surface area contributed by atoms with E-state index in [1.54, 1.807) is 26.8 Å². The zero-order chi connectivity index (χ0) is 15.2. The Bertz CT molecular complexity index is 496. The molecule has 0 bridgehead atoms. The van der Waals surface area contributed by atoms with Crippen molar-refractivity contribution in [1.82, 2.24) is 10.3 Å². The molecule has 0 saturated heterocycles. The normalized spacial score (nSPS) is 11.6. The Morgan fingerprint density at radius 2 is 2.25 bits per heavy atom. The minimum Gasteiger partial charge on any atom is -0.444 e. The molecular formula is C14H20FN3O2. The van der Waals surface area contributed by atoms with E-state index in [2.05, 4.69) is 10.3 Å². The smallest absolute Gasteiger partial charge is 0.407 e. The Labute approximate surface area is 118 Å². The molecule has 5 nitrogen and oxygen atoms in total. The van der Waals surface area contributed by atoms with E-state index in [-0.39, 0.29) is 5.69 Å². The maximum atomic E-state index is 12.8. The van der Waals surface area contributed by atoms with Crippen molar-refractivity contribution >= 4 is 17.9 Å². The molecule has 1 aromatic heterocycles. The van der Waals surface area contributed by atoms with E-state index in [1.807, 2.05) is 6.08 Å². The molecule has 0 unspecified atom stereocenters. The summed E-state index contributed by atoms with van der Waals surface area (Å²) in [6.45, 7) is 5.87. The van der Waals surface area contributed by atoms with Crippen LogP contribution >= 0.6 is 0 Å². The van der Waals surface area contributed by atoms with Gasteiger partial charge in [-0.15, -0.1) is 0 Å². The van der Waals surface area contributed by atoms with Gasteiger partial charge in [-0.3, -0.25) is 0 Å². The van der Waals surface area contributed by atoms with Gasteiger partial charge in [-0.05, 0) is 38.8 Å². The highest BCUT2D eigenvalue weighted by atomic mass is 19.1. The van der Waals surface area contributed by atoms with Gasteiger partial charge in [-0.2, -0.15) is 4.39 Å². The molecule has 0 aliphatic rings. The minimum atomic E-state index is -0.672. The monoisotopic (exact) mass is 281 g/mol. The van der Waals surface area contributed by atoms with E-state index >= 15 is 0 Å². The molecule has 0 saturated carbocycles. The third-order valence-corrected chi connectivity index (χ3v) is 2.18. The summed E-state index contributed by atoms with van der Waals surface area (Å²) < 4.78 is 17.9. The van der Waals surface area contributed by atoms with Crippen molar-refractivity contribution in [1.29, 1.82) is 0 Å². The molecule has 0 spiro atoms. The average Bonchev–Trinajstić information content (AvgIpc) is 2.31. The first kappa shape index (κ1) is 15.9. The van der Waals surface area contributed by atoms with Crippen molar-refractivity contribution in [3.63, 3.8) is 0 Å². The molecule has 0 radical (unpaired) electrons. The standard InChI is InChI=1S/C14H20FN3O2/c1-14(2,3)20-13(19)17-7-5-4-6-10-8-11(16)12(15)18-9-10/h4,6,8-9H,5,7,16H2,1-3H3,(H,17,19). The van der Waals surface area contributed by atoms with Crippen LogP contribution in [0.1, 0.15) is 32.8 Å². The lowest BCUT2D eigenvalue weighted by molar-refractivity contribution is 0.0529. The number of nitrogen functional groups attached to an aromatic ring is 1. The molecule has 0 aliphatic heterocycles. The fourth-order valence-corrected chi connectivity index (χ4v) is 1.36. The Morgan fingerprint density at radius 3 is 2.85 bits per heavy atom. The van der Waals surface area contributed by atoms with Gasteiger partial charge in [0.15, 0.2) is 0 Å². The molecule has 6 heteroatoms. The van der Waals surface area contributed by atoms with Gasteiger partial charge in [-0.25, -0.2) is 9.78 Å². The number of anilines is 1. The summed E-state index contributed by atoms with van der Waals surface area (Å²) in [6.07, 6.45) is 5.17. The quantitative estimate of drug-likeness (QED) is 0.657. The second-order valence-electron chi connectivity index (χ2n) is 5.27. The number of rotatable bonds is 4. The highest BCUT2D eigenvalue weighted by Gasteiger charge is 2.15. The number of alkyl carbamates (subject to hydrolysis) is 1. The molecule has 1 aromatic rings. The van der Waals surface area contributed by atoms with Crippen LogP contribution in [0, 0.1) is 5.95 Å². The van der Waals surface area contributed by atoms with Crippen molar-refractivity contribution in [3.8, 4) is 0 Å². The molecule has 1 amide bonds. The van der Waals surface area contributed by atoms with E-state index in [9.17, 15) is 9.18 Å². The van der Waals surface area contributed by atoms with Crippen LogP contribution in [-0.4, -0.2) is 23.2 Å². The van der Waals surface area contributed by atoms with Gasteiger partial charge in [0.1, 0.15) is 5.60 Å². The zero-order valence-electron chi connectivity index (χ0n) is 11.9. The Balaban J connectivity index is 2.32. The van der Waals surface area contributed by atoms with Gasteiger partial charge in [0.25, 0.3) is 0 Å². The number of nitrogens with two attached hydrogens (primary N) is 1. The van der Waals surface area contributed by atoms with Gasteiger partial charge in [0.2, 0.25) is 5.95 Å². The first-order valence-corrected chi connectivity index (χ1v) is 6.32. The van der Waals surface area contributed by atoms with Crippen LogP contribution in [0.15, 0.2) is 18.3 Å². The molecule has 0 aromatic carbocycles. The second kappa shape index (κ2) is 6.88. The first-order valence-electron chi connectivity index (χ1n) is 6.32. The molecule has 0 aliphatic carbocycles. The molecule has 0 atom stereocenters. The summed E-state index contributed by atoms with van der Waals surface area (Å²) in [5, 5.41) is 2.63. The average molecular weight is 281 g/mol. The lowest BCUT2D eigenvalue weighted by Gasteiger charge is -2.19. The van der Waals surface area contributed by atoms with Crippen LogP contribution in [-0.2, 0) is 4.74 Å². The molecule has 20 heavy (non-hydrogen) atoms. The van der Waals surface area contributed by atoms with Gasteiger partial charge in [0, 0.05) is 12.7 Å². The van der Waals surface area contributed by atoms with Crippen LogP contribution in [0.3, 0.4) is 0 Å². The molecule has 3 N–H and O–H groups in total. The van der Waals surface area contributed by atoms with Crippen LogP contribution < -0.4 is 11.1 Å². The molecule has 0 fully saturated rings. The van der Waals surface area contributed by atoms with E-state index < -0.39 is 17.6 Å². The van der Waals surface area contributed by atoms with Gasteiger partial charge in [0.05, 0.1) is 5.69 Å². The summed E-state index contributed by atoms with van der Waals surface area (Å²) in [5.74, 6) is -0.672. The second-order valence-corrected chi connectivity index (χ2v) is 5.27. The van der Waals surface area contributed by atoms with Crippen molar-refractivity contribution in [3.05, 3.63) is 29.9 Å². The van der Waals surface area contributed by atoms with Crippen molar-refractivity contribution in [2.24, 2.45) is 0 Å². The predicted molar refractivity (Wildman–Crippen MR) is 76.5 cm³/mol. The number of amides is 1. The fourth-order valence-electron chi connectivity index (χ4n) is 1.36. The topological polar surface area (TPSA) is 77.2 Å². The summed E-state index contributed by atoms with van der Waals surface area (Å²) in [6, 6.07) is 1.50. The number of ether oxygens (including phenoxy) is 1. The van der Waals surface area contributed by atoms with Crippen molar-refractivity contribution in [2.45, 2.75) is 32.8 Å². The zero-order valence-corrected chi connectivity index (χ0v) is 11.9. The third-order valence-electron chi connectivity index (χ3n) is 2.18. The highest BCUT2D eigenvalue weighted by molar-refractivity contribution is 5.67. The number of carbonyl (C=O) groups is 1. The van der Waals surface area contributed by atoms with Crippen LogP contribution in [0.4, 0.5) is 14.9 Å². The Hall–Kier alpha value is -2.11. The number of hydrogen-bond donors (Lipinski definition) is 2. The number of nitrogens with zero attached hydrogens (tertiary/aromatic N) is 1. The van der Waals surface area contributed by atoms with Crippen molar-refractivity contribution in [2.75, 3.05) is 12.3 Å².